The average Bonchev–Trinajstić information content (AvgIpc) is 2.42. The summed E-state index contributed by atoms with van der Waals surface area (Å²) in [6, 6.07) is 16.3. The van der Waals surface area contributed by atoms with Crippen molar-refractivity contribution in [1.82, 2.24) is 0 Å². The lowest BCUT2D eigenvalue weighted by Crippen LogP contribution is -2.27. The van der Waals surface area contributed by atoms with Crippen LogP contribution in [0.5, 0.6) is 0 Å². The van der Waals surface area contributed by atoms with Crippen molar-refractivity contribution in [2.45, 2.75) is 0 Å². The number of hydrogen-bond acceptors (Lipinski definition) is 4. The van der Waals surface area contributed by atoms with E-state index in [1.807, 2.05) is 24.3 Å². The number of nitrogens with zero attached hydrogens (tertiary/aromatic N) is 2. The Kier molecular flexibility index (Phi) is 3.83. The van der Waals surface area contributed by atoms with Crippen LogP contribution in [0.3, 0.4) is 0 Å². The van der Waals surface area contributed by atoms with Crippen molar-refractivity contribution in [2.75, 3.05) is 5.06 Å². The third-order valence-electron chi connectivity index (χ3n) is 2.47. The summed E-state index contributed by atoms with van der Waals surface area (Å²) in [5.41, 5.74) is 0.645. The van der Waals surface area contributed by atoms with Crippen molar-refractivity contribution in [3.05, 3.63) is 69.9 Å². The second-order valence-corrected chi connectivity index (χ2v) is 3.67. The van der Waals surface area contributed by atoms with Gasteiger partial charge in [-0.2, -0.15) is 0 Å². The number of hydroxylamine groups is 1. The van der Waals surface area contributed by atoms with Gasteiger partial charge in [0, 0.05) is 16.6 Å². The molecule has 0 amide bonds. The Labute approximate surface area is 104 Å². The molecule has 0 aliphatic carbocycles. The van der Waals surface area contributed by atoms with Gasteiger partial charge in [-0.05, 0) is 17.3 Å². The van der Waals surface area contributed by atoms with E-state index in [1.165, 1.54) is 12.4 Å². The highest BCUT2D eigenvalue weighted by atomic mass is 16.5. The first-order valence-electron chi connectivity index (χ1n) is 5.44. The minimum Gasteiger partial charge on any atom is -0.284 e. The molecular formula is C14H12N2O2. The first-order chi connectivity index (χ1) is 8.81. The molecule has 0 heterocycles. The fourth-order valence-electron chi connectivity index (χ4n) is 1.59. The topological polar surface area (TPSA) is 52.9 Å². The van der Waals surface area contributed by atoms with E-state index >= 15 is 0 Å². The molecule has 0 bridgehead atoms. The van der Waals surface area contributed by atoms with Gasteiger partial charge in [0.05, 0.1) is 11.9 Å². The molecule has 0 saturated heterocycles. The molecule has 2 rings (SSSR count). The largest absolute Gasteiger partial charge is 0.284 e. The highest BCUT2D eigenvalue weighted by molar-refractivity contribution is 5.54. The Morgan fingerprint density at radius 3 is 2.22 bits per heavy atom. The average molecular weight is 240 g/mol. The molecule has 0 aromatic heterocycles. The number of para-hydroxylation sites is 1. The van der Waals surface area contributed by atoms with E-state index in [0.717, 1.165) is 5.06 Å². The number of anilines is 1. The Morgan fingerprint density at radius 1 is 0.944 bits per heavy atom. The van der Waals surface area contributed by atoms with E-state index in [-0.39, 0.29) is 0 Å². The van der Waals surface area contributed by atoms with Crippen LogP contribution in [0.15, 0.2) is 59.8 Å². The zero-order valence-electron chi connectivity index (χ0n) is 9.60. The predicted octanol–water partition coefficient (Wildman–Crippen LogP) is 1.82. The molecule has 4 nitrogen and oxygen atoms in total. The first kappa shape index (κ1) is 12.0. The maximum atomic E-state index is 10.3. The van der Waals surface area contributed by atoms with E-state index in [1.54, 1.807) is 30.3 Å². The number of hydrogen-bond donors (Lipinski definition) is 1. The Hall–Kier alpha value is -2.46. The molecular weight excluding hydrogens is 228 g/mol. The molecule has 0 atom stereocenters. The van der Waals surface area contributed by atoms with Crippen molar-refractivity contribution >= 4 is 18.1 Å². The van der Waals surface area contributed by atoms with Crippen LogP contribution in [0.25, 0.3) is 12.4 Å². The molecule has 2 aromatic rings. The second-order valence-electron chi connectivity index (χ2n) is 3.67. The van der Waals surface area contributed by atoms with Crippen LogP contribution in [-0.2, 0) is 0 Å². The zero-order chi connectivity index (χ0) is 12.8. The van der Waals surface area contributed by atoms with Gasteiger partial charge in [-0.25, -0.2) is 5.06 Å². The van der Waals surface area contributed by atoms with Crippen molar-refractivity contribution in [3.8, 4) is 0 Å². The van der Waals surface area contributed by atoms with Crippen LogP contribution in [0.1, 0.15) is 0 Å². The predicted molar refractivity (Wildman–Crippen MR) is 71.1 cm³/mol. The minimum absolute atomic E-state index is 0.645. The van der Waals surface area contributed by atoms with Gasteiger partial charge < -0.3 is 0 Å². The lowest BCUT2D eigenvalue weighted by molar-refractivity contribution is 0.309. The molecule has 0 fully saturated rings. The molecule has 18 heavy (non-hydrogen) atoms. The Morgan fingerprint density at radius 2 is 1.56 bits per heavy atom. The second kappa shape index (κ2) is 5.75. The van der Waals surface area contributed by atoms with Crippen LogP contribution in [0.2, 0.25) is 0 Å². The zero-order valence-corrected chi connectivity index (χ0v) is 9.60. The third kappa shape index (κ3) is 2.81. The minimum atomic E-state index is 0.645. The fraction of sp³-hybridized carbons (Fsp3) is 0. The summed E-state index contributed by atoms with van der Waals surface area (Å²) in [7, 11) is 0. The standard InChI is InChI=1S/C14H12N2O2/c17-15-10-12-6-4-5-7-13(12)11-16(18)14-8-2-1-3-9-14/h1-11,18H. The molecule has 0 saturated carbocycles. The van der Waals surface area contributed by atoms with Crippen molar-refractivity contribution in [2.24, 2.45) is 5.18 Å². The van der Waals surface area contributed by atoms with Gasteiger partial charge in [0.1, 0.15) is 0 Å². The van der Waals surface area contributed by atoms with Gasteiger partial charge in [0.2, 0.25) is 0 Å². The monoisotopic (exact) mass is 240 g/mol. The molecule has 1 N–H and O–H groups in total. The summed E-state index contributed by atoms with van der Waals surface area (Å²) in [4.78, 5) is 10.3. The smallest absolute Gasteiger partial charge is 0.0793 e. The van der Waals surface area contributed by atoms with Crippen LogP contribution in [0.4, 0.5) is 5.69 Å². The molecule has 0 unspecified atom stereocenters. The summed E-state index contributed by atoms with van der Waals surface area (Å²) in [6.07, 6.45) is 2.75. The summed E-state index contributed by atoms with van der Waals surface area (Å²) in [5.74, 6) is 0. The van der Waals surface area contributed by atoms with Gasteiger partial charge in [-0.1, -0.05) is 42.5 Å². The summed E-state index contributed by atoms with van der Waals surface area (Å²) >= 11 is 0. The van der Waals surface area contributed by atoms with Gasteiger partial charge in [0.15, 0.2) is 0 Å². The number of nitroso groups, excluding NO2 is 1. The lowest BCUT2D eigenvalue weighted by Gasteiger charge is -2.11. The van der Waals surface area contributed by atoms with Gasteiger partial charge in [-0.15, -0.1) is 4.91 Å². The van der Waals surface area contributed by atoms with Crippen molar-refractivity contribution in [3.63, 3.8) is 0 Å². The number of rotatable bonds is 3. The summed E-state index contributed by atoms with van der Waals surface area (Å²) in [6.45, 7) is 0. The maximum Gasteiger partial charge on any atom is 0.0793 e. The van der Waals surface area contributed by atoms with E-state index in [0.29, 0.717) is 16.1 Å². The van der Waals surface area contributed by atoms with Crippen molar-refractivity contribution in [1.29, 1.82) is 0 Å². The van der Waals surface area contributed by atoms with E-state index in [4.69, 9.17) is 0 Å². The van der Waals surface area contributed by atoms with E-state index in [2.05, 4.69) is 5.18 Å². The lowest BCUT2D eigenvalue weighted by atomic mass is 10.2. The highest BCUT2D eigenvalue weighted by Crippen LogP contribution is 2.10. The molecule has 0 spiro atoms. The van der Waals surface area contributed by atoms with Gasteiger partial charge >= 0.3 is 0 Å². The molecule has 4 heteroatoms. The summed E-state index contributed by atoms with van der Waals surface area (Å²) in [5, 5.41) is 15.1. The summed E-state index contributed by atoms with van der Waals surface area (Å²) < 4.78 is 0. The van der Waals surface area contributed by atoms with Gasteiger partial charge in [0.25, 0.3) is 0 Å². The molecule has 0 aliphatic heterocycles. The van der Waals surface area contributed by atoms with Crippen LogP contribution in [-0.4, -0.2) is 5.21 Å². The number of benzene rings is 2. The Bertz CT molecular complexity index is 638. The molecule has 2 aromatic carbocycles. The first-order valence-corrected chi connectivity index (χ1v) is 5.44. The molecule has 0 radical (unpaired) electrons. The van der Waals surface area contributed by atoms with E-state index < -0.39 is 0 Å². The fourth-order valence-corrected chi connectivity index (χ4v) is 1.59. The van der Waals surface area contributed by atoms with Crippen molar-refractivity contribution < 1.29 is 5.21 Å². The Balaban J connectivity index is 2.46. The maximum absolute atomic E-state index is 10.3. The van der Waals surface area contributed by atoms with E-state index in [9.17, 15) is 10.1 Å². The van der Waals surface area contributed by atoms with Crippen LogP contribution in [0, 0.1) is 4.91 Å². The quantitative estimate of drug-likeness (QED) is 0.657. The van der Waals surface area contributed by atoms with Crippen LogP contribution < -0.4 is 15.5 Å². The normalized spacial score (nSPS) is 12.5. The molecule has 90 valence electrons. The van der Waals surface area contributed by atoms with Gasteiger partial charge in [-0.3, -0.25) is 5.21 Å². The molecule has 0 aliphatic rings. The third-order valence-corrected chi connectivity index (χ3v) is 2.47. The van der Waals surface area contributed by atoms with Crippen LogP contribution >= 0.6 is 0 Å². The SMILES string of the molecule is O=NC=c1ccccc1=CN(O)c1ccccc1. The highest BCUT2D eigenvalue weighted by Gasteiger charge is 1.96.